The average molecular weight is 412 g/mol. The number of anilines is 1. The van der Waals surface area contributed by atoms with Crippen molar-refractivity contribution in [2.75, 3.05) is 5.32 Å². The van der Waals surface area contributed by atoms with Gasteiger partial charge in [0, 0.05) is 5.56 Å². The van der Waals surface area contributed by atoms with Crippen molar-refractivity contribution in [1.29, 1.82) is 5.26 Å². The second-order valence-corrected chi connectivity index (χ2v) is 6.46. The third kappa shape index (κ3) is 4.68. The molecule has 2 aromatic heterocycles. The van der Waals surface area contributed by atoms with E-state index in [1.807, 2.05) is 0 Å². The van der Waals surface area contributed by atoms with Gasteiger partial charge in [-0.1, -0.05) is 24.3 Å². The van der Waals surface area contributed by atoms with Crippen molar-refractivity contribution >= 4 is 11.6 Å². The molecule has 152 valence electrons. The lowest BCUT2D eigenvalue weighted by molar-refractivity contribution is 0.0992. The number of furan rings is 1. The lowest BCUT2D eigenvalue weighted by Crippen LogP contribution is -2.11. The number of nitrogens with one attached hydrogen (secondary N) is 1. The van der Waals surface area contributed by atoms with Crippen LogP contribution >= 0.6 is 0 Å². The molecule has 4 aromatic rings. The molecule has 2 N–H and O–H groups in total. The Bertz CT molecular complexity index is 1260. The zero-order valence-corrected chi connectivity index (χ0v) is 16.1. The summed E-state index contributed by atoms with van der Waals surface area (Å²) < 4.78 is 11.1. The van der Waals surface area contributed by atoms with Crippen LogP contribution in [0.4, 0.5) is 5.69 Å². The second-order valence-electron chi connectivity index (χ2n) is 6.46. The van der Waals surface area contributed by atoms with E-state index in [0.29, 0.717) is 34.1 Å². The number of carbonyl (C=O) groups is 1. The van der Waals surface area contributed by atoms with Crippen LogP contribution in [0.15, 0.2) is 77.5 Å². The maximum Gasteiger partial charge on any atom is 0.291 e. The smallest absolute Gasteiger partial charge is 0.291 e. The summed E-state index contributed by atoms with van der Waals surface area (Å²) in [4.78, 5) is 20.8. The van der Waals surface area contributed by atoms with Gasteiger partial charge in [-0.3, -0.25) is 4.79 Å². The number of nitrogens with zero attached hydrogens (tertiary/aromatic N) is 3. The van der Waals surface area contributed by atoms with Crippen LogP contribution in [0.1, 0.15) is 21.9 Å². The minimum absolute atomic E-state index is 0.0771. The molecule has 0 saturated carbocycles. The molecule has 0 spiro atoms. The molecule has 0 aliphatic rings. The van der Waals surface area contributed by atoms with Gasteiger partial charge in [0.2, 0.25) is 0 Å². The number of carbonyl (C=O) groups excluding carboxylic acids is 1. The lowest BCUT2D eigenvalue weighted by Gasteiger charge is -2.06. The van der Waals surface area contributed by atoms with Gasteiger partial charge in [-0.2, -0.15) is 5.26 Å². The van der Waals surface area contributed by atoms with E-state index in [-0.39, 0.29) is 18.1 Å². The first-order valence-corrected chi connectivity index (χ1v) is 9.26. The van der Waals surface area contributed by atoms with Gasteiger partial charge in [0.15, 0.2) is 11.6 Å². The van der Waals surface area contributed by atoms with Crippen LogP contribution in [0.3, 0.4) is 0 Å². The number of rotatable bonds is 6. The van der Waals surface area contributed by atoms with Crippen molar-refractivity contribution in [3.8, 4) is 29.0 Å². The molecular formula is C23H16N4O4. The molecule has 8 heteroatoms. The molecule has 2 aromatic carbocycles. The Kier molecular flexibility index (Phi) is 5.58. The van der Waals surface area contributed by atoms with E-state index < -0.39 is 5.91 Å². The number of para-hydroxylation sites is 1. The Morgan fingerprint density at radius 1 is 1.10 bits per heavy atom. The quantitative estimate of drug-likeness (QED) is 0.488. The number of phenols is 1. The largest absolute Gasteiger partial charge is 0.508 e. The molecule has 0 radical (unpaired) electrons. The summed E-state index contributed by atoms with van der Waals surface area (Å²) in [6.45, 7) is 0.0771. The molecule has 0 aliphatic carbocycles. The number of aromatic hydroxyl groups is 1. The average Bonchev–Trinajstić information content (AvgIpc) is 3.28. The minimum atomic E-state index is -0.461. The molecule has 0 saturated heterocycles. The topological polar surface area (TPSA) is 121 Å². The SMILES string of the molecule is N#Cc1ccccc1OCc1ccc(C(=O)Nc2cnc(-c3cccc(O)c3)nc2)o1. The zero-order valence-electron chi connectivity index (χ0n) is 16.1. The Morgan fingerprint density at radius 3 is 2.68 bits per heavy atom. The van der Waals surface area contributed by atoms with Gasteiger partial charge < -0.3 is 19.6 Å². The van der Waals surface area contributed by atoms with Crippen molar-refractivity contribution < 1.29 is 19.1 Å². The summed E-state index contributed by atoms with van der Waals surface area (Å²) in [6, 6.07) is 18.7. The van der Waals surface area contributed by atoms with Crippen LogP contribution < -0.4 is 10.1 Å². The summed E-state index contributed by atoms with van der Waals surface area (Å²) in [5.74, 6) is 1.06. The first-order chi connectivity index (χ1) is 15.1. The van der Waals surface area contributed by atoms with Crippen molar-refractivity contribution in [3.05, 3.63) is 90.1 Å². The molecule has 2 heterocycles. The predicted octanol–water partition coefficient (Wildman–Crippen LogP) is 4.15. The predicted molar refractivity (Wildman–Crippen MR) is 111 cm³/mol. The Labute approximate surface area is 177 Å². The van der Waals surface area contributed by atoms with Gasteiger partial charge >= 0.3 is 0 Å². The van der Waals surface area contributed by atoms with Crippen LogP contribution in [0.5, 0.6) is 11.5 Å². The molecular weight excluding hydrogens is 396 g/mol. The summed E-state index contributed by atoms with van der Waals surface area (Å²) in [7, 11) is 0. The van der Waals surface area contributed by atoms with Gasteiger partial charge in [0.05, 0.1) is 23.6 Å². The number of hydrogen-bond acceptors (Lipinski definition) is 7. The van der Waals surface area contributed by atoms with Gasteiger partial charge in [-0.25, -0.2) is 9.97 Å². The van der Waals surface area contributed by atoms with Gasteiger partial charge in [0.1, 0.15) is 29.9 Å². The van der Waals surface area contributed by atoms with E-state index >= 15 is 0 Å². The number of phenolic OH excluding ortho intramolecular Hbond substituents is 1. The third-order valence-electron chi connectivity index (χ3n) is 4.28. The summed E-state index contributed by atoms with van der Waals surface area (Å²) in [5.41, 5.74) is 1.47. The lowest BCUT2D eigenvalue weighted by atomic mass is 10.2. The van der Waals surface area contributed by atoms with Crippen LogP contribution in [0.2, 0.25) is 0 Å². The van der Waals surface area contributed by atoms with E-state index in [2.05, 4.69) is 21.4 Å². The van der Waals surface area contributed by atoms with Gasteiger partial charge in [-0.05, 0) is 36.4 Å². The Balaban J connectivity index is 1.38. The highest BCUT2D eigenvalue weighted by Gasteiger charge is 2.13. The molecule has 0 fully saturated rings. The van der Waals surface area contributed by atoms with Gasteiger partial charge in [0.25, 0.3) is 5.91 Å². The summed E-state index contributed by atoms with van der Waals surface area (Å²) in [5, 5.41) is 21.3. The van der Waals surface area contributed by atoms with Crippen LogP contribution in [-0.4, -0.2) is 21.0 Å². The standard InChI is InChI=1S/C23H16N4O4/c24-11-16-4-1-2-7-20(16)30-14-19-8-9-21(31-19)23(29)27-17-12-25-22(26-13-17)15-5-3-6-18(28)10-15/h1-10,12-13,28H,14H2,(H,27,29). The van der Waals surface area contributed by atoms with Crippen LogP contribution in [0.25, 0.3) is 11.4 Å². The van der Waals surface area contributed by atoms with Crippen molar-refractivity contribution in [2.24, 2.45) is 0 Å². The molecule has 1 amide bonds. The fourth-order valence-corrected chi connectivity index (χ4v) is 2.79. The molecule has 0 unspecified atom stereocenters. The molecule has 0 aliphatic heterocycles. The first-order valence-electron chi connectivity index (χ1n) is 9.26. The number of benzene rings is 2. The van der Waals surface area contributed by atoms with E-state index in [4.69, 9.17) is 14.4 Å². The fourth-order valence-electron chi connectivity index (χ4n) is 2.79. The maximum atomic E-state index is 12.4. The third-order valence-corrected chi connectivity index (χ3v) is 4.28. The van der Waals surface area contributed by atoms with Crippen molar-refractivity contribution in [2.45, 2.75) is 6.61 Å². The van der Waals surface area contributed by atoms with E-state index in [9.17, 15) is 9.90 Å². The minimum Gasteiger partial charge on any atom is -0.508 e. The first kappa shape index (κ1) is 19.7. The monoisotopic (exact) mass is 412 g/mol. The van der Waals surface area contributed by atoms with Gasteiger partial charge in [-0.15, -0.1) is 0 Å². The molecule has 4 rings (SSSR count). The fraction of sp³-hybridized carbons (Fsp3) is 0.0435. The molecule has 8 nitrogen and oxygen atoms in total. The highest BCUT2D eigenvalue weighted by atomic mass is 16.5. The van der Waals surface area contributed by atoms with E-state index in [0.717, 1.165) is 0 Å². The van der Waals surface area contributed by atoms with Crippen LogP contribution in [-0.2, 0) is 6.61 Å². The van der Waals surface area contributed by atoms with E-state index in [1.54, 1.807) is 54.6 Å². The zero-order chi connectivity index (χ0) is 21.6. The summed E-state index contributed by atoms with van der Waals surface area (Å²) >= 11 is 0. The number of amides is 1. The molecule has 0 bridgehead atoms. The van der Waals surface area contributed by atoms with E-state index in [1.165, 1.54) is 18.5 Å². The van der Waals surface area contributed by atoms with Crippen molar-refractivity contribution in [1.82, 2.24) is 9.97 Å². The normalized spacial score (nSPS) is 10.3. The molecule has 0 atom stereocenters. The second kappa shape index (κ2) is 8.80. The maximum absolute atomic E-state index is 12.4. The summed E-state index contributed by atoms with van der Waals surface area (Å²) in [6.07, 6.45) is 2.94. The number of aromatic nitrogens is 2. The Hall–Kier alpha value is -4.64. The highest BCUT2D eigenvalue weighted by molar-refractivity contribution is 6.02. The number of hydrogen-bond donors (Lipinski definition) is 2. The van der Waals surface area contributed by atoms with Crippen LogP contribution in [0, 0.1) is 11.3 Å². The number of nitriles is 1. The number of ether oxygens (including phenoxy) is 1. The van der Waals surface area contributed by atoms with Crippen molar-refractivity contribution in [3.63, 3.8) is 0 Å². The highest BCUT2D eigenvalue weighted by Crippen LogP contribution is 2.21. The molecule has 31 heavy (non-hydrogen) atoms. The Morgan fingerprint density at radius 2 is 1.90 bits per heavy atom.